The Kier molecular flexibility index (Phi) is 2.48. The lowest BCUT2D eigenvalue weighted by atomic mass is 10.2. The number of hydrogen-bond donors (Lipinski definition) is 0. The molecular weight excluding hydrogens is 212 g/mol. The molecule has 0 saturated heterocycles. The first-order valence-electron chi connectivity index (χ1n) is 3.29. The van der Waals surface area contributed by atoms with Crippen LogP contribution < -0.4 is 0 Å². The first-order valence-corrected chi connectivity index (χ1v) is 6.59. The van der Waals surface area contributed by atoms with Crippen molar-refractivity contribution < 1.29 is 0 Å². The van der Waals surface area contributed by atoms with E-state index in [2.05, 4.69) is 8.76 Å². The normalized spacial score (nSPS) is 21.8. The molecule has 1 aromatic rings. The van der Waals surface area contributed by atoms with Crippen LogP contribution in [0.4, 0.5) is 0 Å². The fourth-order valence-corrected chi connectivity index (χ4v) is 2.66. The van der Waals surface area contributed by atoms with Gasteiger partial charge in [0.15, 0.2) is 5.84 Å². The molecular formula is C7H5ClN2S2. The van der Waals surface area contributed by atoms with Gasteiger partial charge in [-0.05, 0) is 10.7 Å². The van der Waals surface area contributed by atoms with Gasteiger partial charge in [-0.25, -0.2) is 0 Å². The van der Waals surface area contributed by atoms with E-state index < -0.39 is 8.94 Å². The average molecular weight is 217 g/mol. The van der Waals surface area contributed by atoms with Crippen molar-refractivity contribution in [3.05, 3.63) is 35.9 Å². The molecule has 2 rings (SSSR count). The molecule has 1 aliphatic heterocycles. The number of benzene rings is 1. The molecule has 1 unspecified atom stereocenters. The Morgan fingerprint density at radius 3 is 2.58 bits per heavy atom. The lowest BCUT2D eigenvalue weighted by Crippen LogP contribution is -1.91. The Labute approximate surface area is 81.2 Å². The summed E-state index contributed by atoms with van der Waals surface area (Å²) >= 11 is 0. The molecule has 0 aliphatic carbocycles. The number of amidine groups is 1. The summed E-state index contributed by atoms with van der Waals surface area (Å²) in [6.07, 6.45) is 0. The van der Waals surface area contributed by atoms with Crippen molar-refractivity contribution in [2.24, 2.45) is 8.76 Å². The first-order chi connectivity index (χ1) is 5.86. The number of halogens is 1. The van der Waals surface area contributed by atoms with Crippen LogP contribution in [-0.2, 0) is 8.94 Å². The van der Waals surface area contributed by atoms with Crippen LogP contribution >= 0.6 is 21.7 Å². The molecule has 0 fully saturated rings. The highest BCUT2D eigenvalue weighted by molar-refractivity contribution is 8.78. The summed E-state index contributed by atoms with van der Waals surface area (Å²) in [5.74, 6) is 0.749. The molecule has 0 spiro atoms. The number of nitrogens with zero attached hydrogens (tertiary/aromatic N) is 2. The summed E-state index contributed by atoms with van der Waals surface area (Å²) < 4.78 is 8.30. The van der Waals surface area contributed by atoms with Crippen molar-refractivity contribution in [3.63, 3.8) is 0 Å². The van der Waals surface area contributed by atoms with Gasteiger partial charge >= 0.3 is 0 Å². The smallest absolute Gasteiger partial charge is 0.177 e. The molecule has 62 valence electrons. The molecule has 5 heteroatoms. The van der Waals surface area contributed by atoms with Crippen LogP contribution in [0.15, 0.2) is 39.1 Å². The van der Waals surface area contributed by atoms with Crippen LogP contribution in [0.1, 0.15) is 5.56 Å². The highest BCUT2D eigenvalue weighted by Gasteiger charge is 2.09. The second-order valence-electron chi connectivity index (χ2n) is 2.15. The van der Waals surface area contributed by atoms with Gasteiger partial charge in [-0.1, -0.05) is 30.3 Å². The second-order valence-corrected chi connectivity index (χ2v) is 5.90. The summed E-state index contributed by atoms with van der Waals surface area (Å²) in [5, 5.41) is 0. The van der Waals surface area contributed by atoms with E-state index in [0.717, 1.165) is 11.4 Å². The van der Waals surface area contributed by atoms with Crippen LogP contribution in [0.5, 0.6) is 0 Å². The molecule has 1 aromatic carbocycles. The van der Waals surface area contributed by atoms with E-state index in [1.807, 2.05) is 30.3 Å². The molecule has 1 atom stereocenters. The lowest BCUT2D eigenvalue weighted by Gasteiger charge is -1.92. The van der Waals surface area contributed by atoms with Gasteiger partial charge < -0.3 is 0 Å². The van der Waals surface area contributed by atoms with E-state index in [1.54, 1.807) is 0 Å². The van der Waals surface area contributed by atoms with E-state index in [-0.39, 0.29) is 0 Å². The molecule has 0 saturated carbocycles. The number of rotatable bonds is 1. The summed E-state index contributed by atoms with van der Waals surface area (Å²) in [6.45, 7) is 0. The third kappa shape index (κ3) is 1.71. The van der Waals surface area contributed by atoms with Crippen molar-refractivity contribution in [1.82, 2.24) is 0 Å². The van der Waals surface area contributed by atoms with E-state index >= 15 is 0 Å². The minimum Gasteiger partial charge on any atom is -0.182 e. The maximum atomic E-state index is 5.77. The molecule has 1 heterocycles. The minimum absolute atomic E-state index is 0.493. The Hall–Kier alpha value is -0.320. The number of hydrogen-bond acceptors (Lipinski definition) is 3. The predicted molar refractivity (Wildman–Crippen MR) is 56.2 cm³/mol. The summed E-state index contributed by atoms with van der Waals surface area (Å²) in [7, 11) is 6.59. The van der Waals surface area contributed by atoms with Gasteiger partial charge in [0.1, 0.15) is 0 Å². The second kappa shape index (κ2) is 3.60. The van der Waals surface area contributed by atoms with Gasteiger partial charge in [0.25, 0.3) is 0 Å². The van der Waals surface area contributed by atoms with Crippen LogP contribution in [0.3, 0.4) is 0 Å². The van der Waals surface area contributed by atoms with Crippen molar-refractivity contribution in [1.29, 1.82) is 0 Å². The standard InChI is InChI=1S/C7H5ClN2S2/c8-12-10-7(9-11-12)6-4-2-1-3-5-6/h1-5H. The zero-order valence-electron chi connectivity index (χ0n) is 5.98. The minimum atomic E-state index is -0.493. The van der Waals surface area contributed by atoms with Crippen LogP contribution in [-0.4, -0.2) is 5.84 Å². The van der Waals surface area contributed by atoms with Gasteiger partial charge in [0, 0.05) is 5.56 Å². The van der Waals surface area contributed by atoms with E-state index in [4.69, 9.17) is 10.7 Å². The quantitative estimate of drug-likeness (QED) is 0.523. The van der Waals surface area contributed by atoms with Gasteiger partial charge in [-0.3, -0.25) is 0 Å². The molecule has 12 heavy (non-hydrogen) atoms. The van der Waals surface area contributed by atoms with Crippen LogP contribution in [0.2, 0.25) is 0 Å². The summed E-state index contributed by atoms with van der Waals surface area (Å²) in [6, 6.07) is 9.84. The largest absolute Gasteiger partial charge is 0.182 e. The monoisotopic (exact) mass is 216 g/mol. The van der Waals surface area contributed by atoms with Gasteiger partial charge in [0.05, 0.1) is 19.9 Å². The van der Waals surface area contributed by atoms with Gasteiger partial charge in [-0.2, -0.15) is 8.76 Å². The molecule has 1 aliphatic rings. The van der Waals surface area contributed by atoms with Crippen LogP contribution in [0.25, 0.3) is 0 Å². The van der Waals surface area contributed by atoms with Gasteiger partial charge in [-0.15, -0.1) is 0 Å². The van der Waals surface area contributed by atoms with E-state index in [9.17, 15) is 0 Å². The van der Waals surface area contributed by atoms with E-state index in [1.165, 1.54) is 11.0 Å². The molecule has 0 bridgehead atoms. The highest BCUT2D eigenvalue weighted by atomic mass is 35.7. The highest BCUT2D eigenvalue weighted by Crippen LogP contribution is 2.25. The van der Waals surface area contributed by atoms with Crippen molar-refractivity contribution in [2.45, 2.75) is 0 Å². The Balaban J connectivity index is 2.34. The molecule has 0 aromatic heterocycles. The average Bonchev–Trinajstić information content (AvgIpc) is 2.54. The SMILES string of the molecule is ClS1=NC(c2ccccc2)=NS1. The lowest BCUT2D eigenvalue weighted by molar-refractivity contribution is 1.59. The zero-order chi connectivity index (χ0) is 8.39. The fraction of sp³-hybridized carbons (Fsp3) is 0. The predicted octanol–water partition coefficient (Wildman–Crippen LogP) is 2.97. The molecule has 0 radical (unpaired) electrons. The maximum Gasteiger partial charge on any atom is 0.177 e. The molecule has 0 N–H and O–H groups in total. The van der Waals surface area contributed by atoms with Gasteiger partial charge in [0.2, 0.25) is 0 Å². The summed E-state index contributed by atoms with van der Waals surface area (Å²) in [4.78, 5) is 0. The van der Waals surface area contributed by atoms with Crippen molar-refractivity contribution in [3.8, 4) is 0 Å². The molecule has 2 nitrogen and oxygen atoms in total. The summed E-state index contributed by atoms with van der Waals surface area (Å²) in [5.41, 5.74) is 1.03. The fourth-order valence-electron chi connectivity index (χ4n) is 0.860. The Bertz CT molecular complexity index is 348. The van der Waals surface area contributed by atoms with E-state index in [0.29, 0.717) is 0 Å². The Morgan fingerprint density at radius 1 is 1.25 bits per heavy atom. The molecule has 0 amide bonds. The zero-order valence-corrected chi connectivity index (χ0v) is 8.36. The van der Waals surface area contributed by atoms with Crippen molar-refractivity contribution >= 4 is 36.4 Å². The Morgan fingerprint density at radius 2 is 2.00 bits per heavy atom. The first kappa shape index (κ1) is 8.29. The maximum absolute atomic E-state index is 5.77. The topological polar surface area (TPSA) is 24.7 Å². The van der Waals surface area contributed by atoms with Crippen LogP contribution in [0, 0.1) is 0 Å². The third-order valence-corrected chi connectivity index (χ3v) is 3.59. The van der Waals surface area contributed by atoms with Crippen molar-refractivity contribution in [2.75, 3.05) is 0 Å². The third-order valence-electron chi connectivity index (χ3n) is 1.38.